The molecule has 0 fully saturated rings. The first kappa shape index (κ1) is 33.5. The van der Waals surface area contributed by atoms with Crippen LogP contribution in [-0.2, 0) is 20.4 Å². The van der Waals surface area contributed by atoms with Crippen molar-refractivity contribution in [2.45, 2.75) is 44.4 Å². The molecular formula is C53H38O4. The minimum absolute atomic E-state index is 0.0116. The Morgan fingerprint density at radius 3 is 1.61 bits per heavy atom. The fraction of sp³-hybridized carbons (Fsp3) is 0.132. The summed E-state index contributed by atoms with van der Waals surface area (Å²) in [5.41, 5.74) is 11.3. The summed E-state index contributed by atoms with van der Waals surface area (Å²) in [6.45, 7) is 6.72. The smallest absolute Gasteiger partial charge is 0.318 e. The Morgan fingerprint density at radius 2 is 1.00 bits per heavy atom. The van der Waals surface area contributed by atoms with Crippen molar-refractivity contribution in [3.8, 4) is 55.6 Å². The average Bonchev–Trinajstić information content (AvgIpc) is 3.69. The van der Waals surface area contributed by atoms with E-state index in [1.807, 2.05) is 24.3 Å². The second kappa shape index (κ2) is 11.6. The Kier molecular flexibility index (Phi) is 6.84. The number of carboxylic acids is 2. The van der Waals surface area contributed by atoms with Crippen LogP contribution in [0.2, 0.25) is 0 Å². The molecule has 0 bridgehead atoms. The summed E-state index contributed by atoms with van der Waals surface area (Å²) >= 11 is 0. The summed E-state index contributed by atoms with van der Waals surface area (Å²) in [5, 5.41) is 30.8. The molecule has 0 spiro atoms. The van der Waals surface area contributed by atoms with Gasteiger partial charge in [0, 0.05) is 6.42 Å². The Hall–Kier alpha value is -6.78. The van der Waals surface area contributed by atoms with Crippen LogP contribution in [0.3, 0.4) is 0 Å². The highest BCUT2D eigenvalue weighted by Gasteiger charge is 2.50. The molecule has 9 aromatic rings. The van der Waals surface area contributed by atoms with Crippen LogP contribution in [0.5, 0.6) is 0 Å². The van der Waals surface area contributed by atoms with Crippen molar-refractivity contribution in [3.63, 3.8) is 0 Å². The molecule has 11 rings (SSSR count). The Morgan fingerprint density at radius 1 is 0.491 bits per heavy atom. The molecule has 9 aromatic carbocycles. The number of aliphatic carboxylic acids is 2. The summed E-state index contributed by atoms with van der Waals surface area (Å²) < 4.78 is 0. The third-order valence-electron chi connectivity index (χ3n) is 13.0. The molecule has 4 nitrogen and oxygen atoms in total. The summed E-state index contributed by atoms with van der Waals surface area (Å²) in [7, 11) is 0. The zero-order chi connectivity index (χ0) is 39.0. The first-order valence-corrected chi connectivity index (χ1v) is 19.7. The van der Waals surface area contributed by atoms with Gasteiger partial charge < -0.3 is 10.2 Å². The van der Waals surface area contributed by atoms with Crippen LogP contribution < -0.4 is 0 Å². The lowest BCUT2D eigenvalue weighted by molar-refractivity contribution is -0.143. The Labute approximate surface area is 330 Å². The molecular weight excluding hydrogens is 701 g/mol. The molecule has 274 valence electrons. The average molecular weight is 739 g/mol. The Balaban J connectivity index is 1.10. The van der Waals surface area contributed by atoms with Gasteiger partial charge in [-0.3, -0.25) is 9.59 Å². The monoisotopic (exact) mass is 738 g/mol. The number of fused-ring (bicyclic) bond motifs is 6. The van der Waals surface area contributed by atoms with E-state index in [1.165, 1.54) is 54.7 Å². The molecule has 1 atom stereocenters. The lowest BCUT2D eigenvalue weighted by Gasteiger charge is -2.28. The van der Waals surface area contributed by atoms with E-state index in [0.717, 1.165) is 49.5 Å². The van der Waals surface area contributed by atoms with Crippen molar-refractivity contribution in [3.05, 3.63) is 156 Å². The van der Waals surface area contributed by atoms with Crippen molar-refractivity contribution >= 4 is 55.0 Å². The van der Waals surface area contributed by atoms with Gasteiger partial charge in [-0.15, -0.1) is 0 Å². The number of benzene rings is 9. The third kappa shape index (κ3) is 4.61. The van der Waals surface area contributed by atoms with Crippen LogP contribution in [-0.4, -0.2) is 22.2 Å². The standard InChI is InChI=1S/C53H38O4/c1-52(2,3)34-25-32-12-11-29-13-17-35(43-20-16-33(26-34)48(32)49(29)43)30-14-18-39-40-19-15-31(28-46(40)53(51(56)57,45(39)27-30)24-23-47(54)55)36-21-22-44-38-8-5-4-7-37(38)42-10-6-9-41(36)50(42)44/h4-22,25-28H,23-24H2,1-3H3,(H,54,55)(H,56,57). The predicted octanol–water partition coefficient (Wildman–Crippen LogP) is 13.2. The molecule has 0 aromatic heterocycles. The summed E-state index contributed by atoms with van der Waals surface area (Å²) in [5.74, 6) is -2.06. The van der Waals surface area contributed by atoms with Gasteiger partial charge in [0.1, 0.15) is 5.41 Å². The fourth-order valence-electron chi connectivity index (χ4n) is 10.2. The quantitative estimate of drug-likeness (QED) is 0.167. The first-order valence-electron chi connectivity index (χ1n) is 19.7. The first-order chi connectivity index (χ1) is 27.5. The van der Waals surface area contributed by atoms with Crippen molar-refractivity contribution in [1.82, 2.24) is 0 Å². The van der Waals surface area contributed by atoms with Crippen molar-refractivity contribution in [1.29, 1.82) is 0 Å². The lowest BCUT2D eigenvalue weighted by Crippen LogP contribution is -2.36. The zero-order valence-corrected chi connectivity index (χ0v) is 31.9. The van der Waals surface area contributed by atoms with Crippen molar-refractivity contribution in [2.24, 2.45) is 0 Å². The molecule has 0 heterocycles. The fourth-order valence-corrected chi connectivity index (χ4v) is 10.2. The van der Waals surface area contributed by atoms with Crippen LogP contribution in [0.1, 0.15) is 50.3 Å². The van der Waals surface area contributed by atoms with Crippen LogP contribution in [0.15, 0.2) is 140 Å². The van der Waals surface area contributed by atoms with Crippen molar-refractivity contribution in [2.75, 3.05) is 0 Å². The van der Waals surface area contributed by atoms with Gasteiger partial charge >= 0.3 is 11.9 Å². The van der Waals surface area contributed by atoms with Crippen molar-refractivity contribution < 1.29 is 19.8 Å². The van der Waals surface area contributed by atoms with Gasteiger partial charge in [0.2, 0.25) is 0 Å². The van der Waals surface area contributed by atoms with E-state index in [4.69, 9.17) is 0 Å². The normalized spacial score (nSPS) is 15.4. The maximum Gasteiger partial charge on any atom is 0.318 e. The van der Waals surface area contributed by atoms with Gasteiger partial charge in [0.05, 0.1) is 0 Å². The van der Waals surface area contributed by atoms with Crippen LogP contribution in [0.4, 0.5) is 0 Å². The number of rotatable bonds is 6. The highest BCUT2D eigenvalue weighted by atomic mass is 16.4. The van der Waals surface area contributed by atoms with Crippen LogP contribution in [0, 0.1) is 0 Å². The molecule has 0 saturated carbocycles. The van der Waals surface area contributed by atoms with Gasteiger partial charge in [-0.05, 0) is 139 Å². The maximum absolute atomic E-state index is 13.9. The predicted molar refractivity (Wildman–Crippen MR) is 232 cm³/mol. The van der Waals surface area contributed by atoms with E-state index in [9.17, 15) is 19.8 Å². The van der Waals surface area contributed by atoms with Crippen LogP contribution >= 0.6 is 0 Å². The van der Waals surface area contributed by atoms with Gasteiger partial charge in [-0.25, -0.2) is 0 Å². The lowest BCUT2D eigenvalue weighted by atomic mass is 9.73. The van der Waals surface area contributed by atoms with E-state index in [2.05, 4.69) is 136 Å². The van der Waals surface area contributed by atoms with E-state index < -0.39 is 17.4 Å². The molecule has 1 unspecified atom stereocenters. The molecule has 0 radical (unpaired) electrons. The zero-order valence-electron chi connectivity index (χ0n) is 31.9. The Bertz CT molecular complexity index is 3190. The molecule has 57 heavy (non-hydrogen) atoms. The summed E-state index contributed by atoms with van der Waals surface area (Å²) in [6.07, 6.45) is -0.355. The molecule has 0 aliphatic heterocycles. The highest BCUT2D eigenvalue weighted by molar-refractivity contribution is 6.26. The minimum Gasteiger partial charge on any atom is -0.481 e. The molecule has 4 heteroatoms. The second-order valence-corrected chi connectivity index (χ2v) is 17.0. The summed E-state index contributed by atoms with van der Waals surface area (Å²) in [6, 6.07) is 49.2. The SMILES string of the molecule is CC(C)(C)c1cc2ccc3ccc(-c4ccc5c(c4)C(CCC(=O)O)(C(=O)O)c4cc(-c6ccc7c8c(cccc68)-c6ccccc6-7)ccc4-5)c4ccc(c1)c2c34. The van der Waals surface area contributed by atoms with Gasteiger partial charge in [-0.1, -0.05) is 148 Å². The maximum atomic E-state index is 13.9. The molecule has 2 N–H and O–H groups in total. The molecule has 0 amide bonds. The van der Waals surface area contributed by atoms with Gasteiger partial charge in [0.15, 0.2) is 0 Å². The number of hydrogen-bond acceptors (Lipinski definition) is 2. The topological polar surface area (TPSA) is 74.6 Å². The number of carboxylic acid groups (broad SMARTS) is 2. The van der Waals surface area contributed by atoms with Gasteiger partial charge in [0.25, 0.3) is 0 Å². The molecule has 2 aliphatic rings. The molecule has 0 saturated heterocycles. The van der Waals surface area contributed by atoms with E-state index in [0.29, 0.717) is 11.1 Å². The third-order valence-corrected chi connectivity index (χ3v) is 13.0. The van der Waals surface area contributed by atoms with E-state index >= 15 is 0 Å². The van der Waals surface area contributed by atoms with E-state index in [-0.39, 0.29) is 18.3 Å². The molecule has 2 aliphatic carbocycles. The number of carbonyl (C=O) groups is 2. The van der Waals surface area contributed by atoms with Gasteiger partial charge in [-0.2, -0.15) is 0 Å². The summed E-state index contributed by atoms with van der Waals surface area (Å²) in [4.78, 5) is 26.2. The number of hydrogen-bond donors (Lipinski definition) is 2. The van der Waals surface area contributed by atoms with Crippen LogP contribution in [0.25, 0.3) is 98.7 Å². The van der Waals surface area contributed by atoms with E-state index in [1.54, 1.807) is 0 Å². The highest BCUT2D eigenvalue weighted by Crippen LogP contribution is 2.55. The largest absolute Gasteiger partial charge is 0.481 e. The second-order valence-electron chi connectivity index (χ2n) is 17.0. The minimum atomic E-state index is -1.56.